The highest BCUT2D eigenvalue weighted by Gasteiger charge is 2.00. The Balaban J connectivity index is 3.41. The summed E-state index contributed by atoms with van der Waals surface area (Å²) in [7, 11) is 0. The Morgan fingerprint density at radius 1 is 0.810 bits per heavy atom. The van der Waals surface area contributed by atoms with Crippen molar-refractivity contribution < 1.29 is 19.1 Å². The molecule has 0 atom stereocenters. The van der Waals surface area contributed by atoms with Crippen LogP contribution in [-0.2, 0) is 19.1 Å². The summed E-state index contributed by atoms with van der Waals surface area (Å²) >= 11 is 5.36. The van der Waals surface area contributed by atoms with E-state index in [1.54, 1.807) is 0 Å². The topological polar surface area (TPSA) is 52.6 Å². The Hall–Kier alpha value is -1.03. The zero-order valence-corrected chi connectivity index (χ0v) is 13.7. The molecule has 0 aromatic carbocycles. The molecule has 0 fully saturated rings. The van der Waals surface area contributed by atoms with Gasteiger partial charge in [-0.05, 0) is 6.42 Å². The molecule has 0 aliphatic heterocycles. The molecule has 0 spiro atoms. The highest BCUT2D eigenvalue weighted by Crippen LogP contribution is 2.08. The Labute approximate surface area is 132 Å². The molecule has 0 saturated heterocycles. The Kier molecular flexibility index (Phi) is 14.6. The van der Waals surface area contributed by atoms with Gasteiger partial charge < -0.3 is 9.47 Å². The molecule has 0 radical (unpaired) electrons. The fourth-order valence-corrected chi connectivity index (χ4v) is 1.86. The summed E-state index contributed by atoms with van der Waals surface area (Å²) in [6, 6.07) is 0. The van der Waals surface area contributed by atoms with Crippen molar-refractivity contribution in [2.24, 2.45) is 0 Å². The quantitative estimate of drug-likeness (QED) is 0.223. The maximum atomic E-state index is 11.3. The van der Waals surface area contributed by atoms with Crippen LogP contribution in [0.5, 0.6) is 0 Å². The average molecular weight is 319 g/mol. The van der Waals surface area contributed by atoms with E-state index in [2.05, 4.69) is 11.7 Å². The number of hydrogen-bond acceptors (Lipinski definition) is 4. The van der Waals surface area contributed by atoms with Crippen LogP contribution in [0.4, 0.5) is 0 Å². The largest absolute Gasteiger partial charge is 0.463 e. The first-order valence-corrected chi connectivity index (χ1v) is 8.31. The smallest absolute Gasteiger partial charge is 0.331 e. The van der Waals surface area contributed by atoms with Crippen LogP contribution in [0.1, 0.15) is 58.3 Å². The highest BCUT2D eigenvalue weighted by molar-refractivity contribution is 6.18. The van der Waals surface area contributed by atoms with Crippen molar-refractivity contribution in [3.63, 3.8) is 0 Å². The third-order valence-electron chi connectivity index (χ3n) is 2.92. The van der Waals surface area contributed by atoms with Crippen molar-refractivity contribution in [1.82, 2.24) is 0 Å². The van der Waals surface area contributed by atoms with Crippen LogP contribution >= 0.6 is 11.6 Å². The second-order valence-corrected chi connectivity index (χ2v) is 5.21. The van der Waals surface area contributed by atoms with E-state index in [4.69, 9.17) is 16.3 Å². The van der Waals surface area contributed by atoms with E-state index in [0.29, 0.717) is 6.61 Å². The Bertz CT molecular complexity index is 303. The molecule has 0 rings (SSSR count). The molecule has 0 saturated carbocycles. The van der Waals surface area contributed by atoms with E-state index in [-0.39, 0.29) is 12.5 Å². The van der Waals surface area contributed by atoms with Crippen molar-refractivity contribution in [2.75, 3.05) is 19.1 Å². The second kappa shape index (κ2) is 15.4. The van der Waals surface area contributed by atoms with E-state index in [1.165, 1.54) is 38.5 Å². The van der Waals surface area contributed by atoms with Gasteiger partial charge in [0.15, 0.2) is 0 Å². The number of esters is 2. The van der Waals surface area contributed by atoms with Gasteiger partial charge in [-0.3, -0.25) is 0 Å². The minimum absolute atomic E-state index is 0.137. The van der Waals surface area contributed by atoms with E-state index >= 15 is 0 Å². The van der Waals surface area contributed by atoms with Crippen molar-refractivity contribution in [3.05, 3.63) is 12.2 Å². The number of carbonyl (C=O) groups is 2. The van der Waals surface area contributed by atoms with Gasteiger partial charge in [-0.15, -0.1) is 11.6 Å². The molecule has 21 heavy (non-hydrogen) atoms. The van der Waals surface area contributed by atoms with Gasteiger partial charge in [0.05, 0.1) is 12.5 Å². The number of halogens is 1. The van der Waals surface area contributed by atoms with Crippen LogP contribution in [0.15, 0.2) is 12.2 Å². The van der Waals surface area contributed by atoms with Crippen LogP contribution < -0.4 is 0 Å². The summed E-state index contributed by atoms with van der Waals surface area (Å²) in [5.74, 6) is -0.858. The van der Waals surface area contributed by atoms with Crippen LogP contribution in [0.25, 0.3) is 0 Å². The number of carbonyl (C=O) groups excluding carboxylic acids is 2. The number of unbranched alkanes of at least 4 members (excludes halogenated alkanes) is 7. The third-order valence-corrected chi connectivity index (χ3v) is 3.07. The maximum Gasteiger partial charge on any atom is 0.331 e. The van der Waals surface area contributed by atoms with Crippen molar-refractivity contribution >= 4 is 23.5 Å². The Morgan fingerprint density at radius 2 is 1.29 bits per heavy atom. The van der Waals surface area contributed by atoms with Gasteiger partial charge in [-0.2, -0.15) is 0 Å². The molecule has 4 nitrogen and oxygen atoms in total. The van der Waals surface area contributed by atoms with Gasteiger partial charge >= 0.3 is 11.9 Å². The predicted molar refractivity (Wildman–Crippen MR) is 84.4 cm³/mol. The number of alkyl halides is 1. The van der Waals surface area contributed by atoms with Crippen LogP contribution in [0.2, 0.25) is 0 Å². The second-order valence-electron chi connectivity index (χ2n) is 4.83. The van der Waals surface area contributed by atoms with Gasteiger partial charge in [-0.25, -0.2) is 9.59 Å². The summed E-state index contributed by atoms with van der Waals surface area (Å²) < 4.78 is 9.66. The molecule has 0 N–H and O–H groups in total. The summed E-state index contributed by atoms with van der Waals surface area (Å²) in [6.07, 6.45) is 11.7. The zero-order chi connectivity index (χ0) is 15.8. The zero-order valence-electron chi connectivity index (χ0n) is 12.9. The standard InChI is InChI=1S/C16H27ClO4/c1-2-3-4-5-6-7-8-9-13-20-15(18)10-11-16(19)21-14-12-17/h10-11H,2-9,12-14H2,1H3/b11-10+. The summed E-state index contributed by atoms with van der Waals surface area (Å²) in [5.41, 5.74) is 0. The highest BCUT2D eigenvalue weighted by atomic mass is 35.5. The van der Waals surface area contributed by atoms with Gasteiger partial charge in [0.1, 0.15) is 6.61 Å². The summed E-state index contributed by atoms with van der Waals surface area (Å²) in [6.45, 7) is 2.74. The molecule has 0 unspecified atom stereocenters. The van der Waals surface area contributed by atoms with Crippen molar-refractivity contribution in [3.8, 4) is 0 Å². The average Bonchev–Trinajstić information content (AvgIpc) is 2.49. The predicted octanol–water partition coefficient (Wildman–Crippen LogP) is 4.01. The molecule has 0 aliphatic carbocycles. The third kappa shape index (κ3) is 15.2. The van der Waals surface area contributed by atoms with E-state index < -0.39 is 11.9 Å². The first-order valence-electron chi connectivity index (χ1n) is 7.78. The lowest BCUT2D eigenvalue weighted by Gasteiger charge is -2.03. The van der Waals surface area contributed by atoms with Crippen LogP contribution in [-0.4, -0.2) is 31.0 Å². The lowest BCUT2D eigenvalue weighted by Crippen LogP contribution is -2.06. The van der Waals surface area contributed by atoms with E-state index in [0.717, 1.165) is 25.0 Å². The molecule has 0 bridgehead atoms. The summed E-state index contributed by atoms with van der Waals surface area (Å²) in [4.78, 5) is 22.3. The summed E-state index contributed by atoms with van der Waals surface area (Å²) in [5, 5.41) is 0. The number of hydrogen-bond donors (Lipinski definition) is 0. The molecular formula is C16H27ClO4. The normalized spacial score (nSPS) is 10.8. The van der Waals surface area contributed by atoms with Gasteiger partial charge in [0.25, 0.3) is 0 Å². The van der Waals surface area contributed by atoms with Crippen LogP contribution in [0, 0.1) is 0 Å². The minimum atomic E-state index is -0.584. The van der Waals surface area contributed by atoms with Gasteiger partial charge in [0.2, 0.25) is 0 Å². The van der Waals surface area contributed by atoms with Crippen molar-refractivity contribution in [1.29, 1.82) is 0 Å². The fourth-order valence-electron chi connectivity index (χ4n) is 1.78. The number of rotatable bonds is 13. The molecular weight excluding hydrogens is 292 g/mol. The molecule has 0 aromatic rings. The molecule has 0 aromatic heterocycles. The fraction of sp³-hybridized carbons (Fsp3) is 0.750. The molecule has 0 aliphatic rings. The molecule has 5 heteroatoms. The first kappa shape index (κ1) is 20.0. The van der Waals surface area contributed by atoms with Gasteiger partial charge in [0, 0.05) is 12.2 Å². The van der Waals surface area contributed by atoms with Crippen molar-refractivity contribution in [2.45, 2.75) is 58.3 Å². The van der Waals surface area contributed by atoms with Gasteiger partial charge in [-0.1, -0.05) is 51.9 Å². The SMILES string of the molecule is CCCCCCCCCCOC(=O)/C=C/C(=O)OCCCl. The van der Waals surface area contributed by atoms with Crippen LogP contribution in [0.3, 0.4) is 0 Å². The lowest BCUT2D eigenvalue weighted by molar-refractivity contribution is -0.140. The molecule has 0 heterocycles. The monoisotopic (exact) mass is 318 g/mol. The lowest BCUT2D eigenvalue weighted by atomic mass is 10.1. The number of ether oxygens (including phenoxy) is 2. The van der Waals surface area contributed by atoms with E-state index in [1.807, 2.05) is 0 Å². The Morgan fingerprint density at radius 3 is 1.81 bits per heavy atom. The maximum absolute atomic E-state index is 11.3. The minimum Gasteiger partial charge on any atom is -0.463 e. The molecule has 0 amide bonds. The first-order chi connectivity index (χ1) is 10.2. The van der Waals surface area contributed by atoms with E-state index in [9.17, 15) is 9.59 Å². The molecule has 122 valence electrons.